The number of fused-ring (bicyclic) bond motifs is 2. The summed E-state index contributed by atoms with van der Waals surface area (Å²) in [5.74, 6) is 0.0175. The smallest absolute Gasteiger partial charge is 0.207 e. The maximum Gasteiger partial charge on any atom is 0.244 e. The van der Waals surface area contributed by atoms with Gasteiger partial charge in [-0.2, -0.15) is 4.31 Å². The van der Waals surface area contributed by atoms with Crippen molar-refractivity contribution < 1.29 is 8.42 Å². The summed E-state index contributed by atoms with van der Waals surface area (Å²) in [4.78, 5) is 0.331. The molecule has 4 heteroatoms. The molecular formula is C39H35NO2S. The van der Waals surface area contributed by atoms with E-state index in [2.05, 4.69) is 98.8 Å². The van der Waals surface area contributed by atoms with Crippen LogP contribution in [-0.4, -0.2) is 19.3 Å². The van der Waals surface area contributed by atoms with Gasteiger partial charge in [0.2, 0.25) is 10.0 Å². The molecule has 5 aromatic rings. The molecule has 1 aliphatic heterocycles. The van der Waals surface area contributed by atoms with E-state index < -0.39 is 15.6 Å². The zero-order chi connectivity index (χ0) is 29.8. The molecule has 5 aromatic carbocycles. The van der Waals surface area contributed by atoms with Gasteiger partial charge >= 0.3 is 0 Å². The first-order valence-electron chi connectivity index (χ1n) is 14.9. The topological polar surface area (TPSA) is 37.4 Å². The van der Waals surface area contributed by atoms with Crippen molar-refractivity contribution in [2.45, 2.75) is 43.5 Å². The van der Waals surface area contributed by atoms with Crippen LogP contribution in [0.3, 0.4) is 0 Å². The lowest BCUT2D eigenvalue weighted by atomic mass is 9.78. The Bertz CT molecular complexity index is 1950. The number of hydrogen-bond acceptors (Lipinski definition) is 2. The normalized spacial score (nSPS) is 20.1. The highest BCUT2D eigenvalue weighted by Crippen LogP contribution is 2.63. The fraction of sp³-hybridized carbons (Fsp3) is 0.179. The standard InChI is InChI=1S/C39H35NO2S/c1-27-19-21-34(22-20-27)43(41,42)40-26-33(30-13-7-4-8-14-30)25-39(40)35-24-28(2)23-29(3)36(35)37(31-15-9-5-10-16-31)38(39)32-17-11-6-12-18-32/h4-24,33H,25-26H2,1-3H3/t33?,39-/m1/s1. The summed E-state index contributed by atoms with van der Waals surface area (Å²) in [6.45, 7) is 6.66. The van der Waals surface area contributed by atoms with E-state index in [9.17, 15) is 8.42 Å². The van der Waals surface area contributed by atoms with Gasteiger partial charge < -0.3 is 0 Å². The molecule has 1 fully saturated rings. The van der Waals surface area contributed by atoms with Crippen molar-refractivity contribution in [2.75, 3.05) is 6.54 Å². The molecule has 214 valence electrons. The van der Waals surface area contributed by atoms with Crippen LogP contribution in [0.15, 0.2) is 132 Å². The van der Waals surface area contributed by atoms with Gasteiger partial charge in [-0.15, -0.1) is 0 Å². The Kier molecular flexibility index (Phi) is 6.72. The molecule has 2 aliphatic rings. The van der Waals surface area contributed by atoms with Gasteiger partial charge in [0.1, 0.15) is 0 Å². The van der Waals surface area contributed by atoms with Crippen LogP contribution in [0, 0.1) is 20.8 Å². The van der Waals surface area contributed by atoms with Crippen LogP contribution in [0.4, 0.5) is 0 Å². The van der Waals surface area contributed by atoms with E-state index in [0.29, 0.717) is 17.9 Å². The van der Waals surface area contributed by atoms with E-state index in [1.807, 2.05) is 41.6 Å². The van der Waals surface area contributed by atoms with E-state index in [-0.39, 0.29) is 5.92 Å². The molecule has 1 spiro atoms. The first-order chi connectivity index (χ1) is 20.8. The highest BCUT2D eigenvalue weighted by atomic mass is 32.2. The second-order valence-corrected chi connectivity index (χ2v) is 13.9. The molecule has 0 aromatic heterocycles. The summed E-state index contributed by atoms with van der Waals surface area (Å²) in [7, 11) is -3.90. The summed E-state index contributed by atoms with van der Waals surface area (Å²) in [5.41, 5.74) is 10.2. The summed E-state index contributed by atoms with van der Waals surface area (Å²) in [5, 5.41) is 0. The number of nitrogens with zero attached hydrogens (tertiary/aromatic N) is 1. The maximum atomic E-state index is 15.0. The third-order valence-corrected chi connectivity index (χ3v) is 11.1. The van der Waals surface area contributed by atoms with Gasteiger partial charge in [0.15, 0.2) is 0 Å². The van der Waals surface area contributed by atoms with E-state index >= 15 is 0 Å². The summed E-state index contributed by atoms with van der Waals surface area (Å²) < 4.78 is 31.8. The Balaban J connectivity index is 1.61. The largest absolute Gasteiger partial charge is 0.244 e. The fourth-order valence-electron chi connectivity index (χ4n) is 7.41. The minimum atomic E-state index is -3.90. The van der Waals surface area contributed by atoms with E-state index in [0.717, 1.165) is 55.7 Å². The molecule has 0 saturated carbocycles. The molecule has 0 amide bonds. The molecule has 1 aliphatic carbocycles. The van der Waals surface area contributed by atoms with Crippen LogP contribution in [-0.2, 0) is 15.6 Å². The van der Waals surface area contributed by atoms with Crippen molar-refractivity contribution in [1.82, 2.24) is 4.31 Å². The first-order valence-corrected chi connectivity index (χ1v) is 16.4. The molecule has 0 bridgehead atoms. The van der Waals surface area contributed by atoms with Crippen LogP contribution in [0.5, 0.6) is 0 Å². The Morgan fingerprint density at radius 1 is 0.674 bits per heavy atom. The van der Waals surface area contributed by atoms with E-state index in [1.165, 1.54) is 0 Å². The molecular weight excluding hydrogens is 547 g/mol. The van der Waals surface area contributed by atoms with Crippen LogP contribution >= 0.6 is 0 Å². The Morgan fingerprint density at radius 2 is 1.26 bits per heavy atom. The average Bonchev–Trinajstić information content (AvgIpc) is 3.56. The summed E-state index contributed by atoms with van der Waals surface area (Å²) in [6.07, 6.45) is 0.651. The maximum absolute atomic E-state index is 15.0. The predicted molar refractivity (Wildman–Crippen MR) is 175 cm³/mol. The van der Waals surface area contributed by atoms with Crippen molar-refractivity contribution in [1.29, 1.82) is 0 Å². The fourth-order valence-corrected chi connectivity index (χ4v) is 9.20. The van der Waals surface area contributed by atoms with Gasteiger partial charge in [0.25, 0.3) is 0 Å². The number of hydrogen-bond donors (Lipinski definition) is 0. The van der Waals surface area contributed by atoms with Crippen molar-refractivity contribution in [3.05, 3.63) is 172 Å². The van der Waals surface area contributed by atoms with Crippen LogP contribution in [0.25, 0.3) is 11.1 Å². The molecule has 43 heavy (non-hydrogen) atoms. The summed E-state index contributed by atoms with van der Waals surface area (Å²) in [6, 6.07) is 43.1. The second kappa shape index (κ2) is 10.5. The molecule has 0 N–H and O–H groups in total. The van der Waals surface area contributed by atoms with Crippen LogP contribution in [0.2, 0.25) is 0 Å². The Labute approximate surface area is 255 Å². The monoisotopic (exact) mass is 581 g/mol. The number of aryl methyl sites for hydroxylation is 3. The van der Waals surface area contributed by atoms with Crippen molar-refractivity contribution in [2.24, 2.45) is 0 Å². The first kappa shape index (κ1) is 27.6. The SMILES string of the molecule is Cc1ccc(S(=O)(=O)N2CC(c3ccccc3)C[C@@]23C(c2ccccc2)=C(c2ccccc2)c2c(C)cc(C)cc23)cc1. The van der Waals surface area contributed by atoms with E-state index in [4.69, 9.17) is 0 Å². The van der Waals surface area contributed by atoms with Gasteiger partial charge in [0.05, 0.1) is 10.4 Å². The third kappa shape index (κ3) is 4.40. The highest BCUT2D eigenvalue weighted by molar-refractivity contribution is 7.89. The van der Waals surface area contributed by atoms with Gasteiger partial charge in [0, 0.05) is 12.5 Å². The lowest BCUT2D eigenvalue weighted by Crippen LogP contribution is -2.45. The van der Waals surface area contributed by atoms with Gasteiger partial charge in [-0.25, -0.2) is 8.42 Å². The average molecular weight is 582 g/mol. The van der Waals surface area contributed by atoms with E-state index in [1.54, 1.807) is 12.1 Å². The van der Waals surface area contributed by atoms with Crippen LogP contribution in [0.1, 0.15) is 56.8 Å². The van der Waals surface area contributed by atoms with Gasteiger partial charge in [-0.3, -0.25) is 0 Å². The van der Waals surface area contributed by atoms with Crippen molar-refractivity contribution in [3.8, 4) is 0 Å². The molecule has 3 nitrogen and oxygen atoms in total. The van der Waals surface area contributed by atoms with Crippen LogP contribution < -0.4 is 0 Å². The van der Waals surface area contributed by atoms with Crippen molar-refractivity contribution in [3.63, 3.8) is 0 Å². The lowest BCUT2D eigenvalue weighted by Gasteiger charge is -2.38. The zero-order valence-corrected chi connectivity index (χ0v) is 25.6. The predicted octanol–water partition coefficient (Wildman–Crippen LogP) is 8.66. The van der Waals surface area contributed by atoms with Gasteiger partial charge in [-0.05, 0) is 83.9 Å². The lowest BCUT2D eigenvalue weighted by molar-refractivity contribution is 0.324. The minimum Gasteiger partial charge on any atom is -0.207 e. The number of sulfonamides is 1. The molecule has 2 atom stereocenters. The van der Waals surface area contributed by atoms with Crippen molar-refractivity contribution >= 4 is 21.2 Å². The minimum absolute atomic E-state index is 0.0175. The molecule has 1 saturated heterocycles. The van der Waals surface area contributed by atoms with Gasteiger partial charge in [-0.1, -0.05) is 126 Å². The highest BCUT2D eigenvalue weighted by Gasteiger charge is 2.59. The summed E-state index contributed by atoms with van der Waals surface area (Å²) >= 11 is 0. The third-order valence-electron chi connectivity index (χ3n) is 9.20. The zero-order valence-electron chi connectivity index (χ0n) is 24.8. The molecule has 1 heterocycles. The Morgan fingerprint density at radius 3 is 1.88 bits per heavy atom. The molecule has 1 unspecified atom stereocenters. The molecule has 0 radical (unpaired) electrons. The quantitative estimate of drug-likeness (QED) is 0.208. The number of benzene rings is 5. The number of rotatable bonds is 5. The molecule has 7 rings (SSSR count). The Hall–Kier alpha value is -4.25. The second-order valence-electron chi connectivity index (χ2n) is 12.0.